The minimum atomic E-state index is -0.171. The van der Waals surface area contributed by atoms with Crippen LogP contribution >= 0.6 is 12.4 Å². The molecule has 0 aromatic heterocycles. The van der Waals surface area contributed by atoms with E-state index in [1.165, 1.54) is 0 Å². The van der Waals surface area contributed by atoms with E-state index in [9.17, 15) is 0 Å². The largest absolute Gasteiger partial charge is 0.391 e. The van der Waals surface area contributed by atoms with Gasteiger partial charge in [-0.1, -0.05) is 0 Å². The minimum Gasteiger partial charge on any atom is -0.391 e. The van der Waals surface area contributed by atoms with E-state index in [1.54, 1.807) is 0 Å². The van der Waals surface area contributed by atoms with Crippen LogP contribution in [0.4, 0.5) is 0 Å². The fourth-order valence-corrected chi connectivity index (χ4v) is 0.200. The van der Waals surface area contributed by atoms with Gasteiger partial charge in [0.15, 0.2) is 0 Å². The van der Waals surface area contributed by atoms with Crippen molar-refractivity contribution in [3.05, 3.63) is 0 Å². The van der Waals surface area contributed by atoms with E-state index in [-0.39, 0.29) is 24.6 Å². The van der Waals surface area contributed by atoms with Gasteiger partial charge in [0.2, 0.25) is 0 Å². The summed E-state index contributed by atoms with van der Waals surface area (Å²) in [6.45, 7) is 0. The van der Waals surface area contributed by atoms with Gasteiger partial charge in [0.25, 0.3) is 0 Å². The number of nitrogens with two attached hydrogens (primary N) is 1. The van der Waals surface area contributed by atoms with E-state index in [2.05, 4.69) is 0 Å². The second-order valence-corrected chi connectivity index (χ2v) is 1.47. The van der Waals surface area contributed by atoms with Crippen LogP contribution in [0.15, 0.2) is 0 Å². The summed E-state index contributed by atoms with van der Waals surface area (Å²) in [4.78, 5) is 0. The first-order valence-electron chi connectivity index (χ1n) is 1.74. The monoisotopic (exact) mass is 109 g/mol. The standard InChI is InChI=1S/C3H7NO.ClH/c4-2-1-3(2)5;/h2-3,5H,1,4H2;1H/t2?,3-;/m0./s1. The Morgan fingerprint density at radius 1 is 1.67 bits per heavy atom. The van der Waals surface area contributed by atoms with Crippen LogP contribution in [-0.2, 0) is 0 Å². The van der Waals surface area contributed by atoms with Crippen molar-refractivity contribution in [1.29, 1.82) is 0 Å². The van der Waals surface area contributed by atoms with Gasteiger partial charge in [-0.15, -0.1) is 12.4 Å². The van der Waals surface area contributed by atoms with E-state index in [4.69, 9.17) is 10.8 Å². The Balaban J connectivity index is 0.000000250. The molecule has 1 aliphatic carbocycles. The molecule has 0 saturated heterocycles. The first-order valence-corrected chi connectivity index (χ1v) is 1.74. The molecule has 0 aromatic carbocycles. The van der Waals surface area contributed by atoms with Crippen LogP contribution < -0.4 is 5.73 Å². The average molecular weight is 110 g/mol. The Morgan fingerprint density at radius 2 is 1.83 bits per heavy atom. The first-order chi connectivity index (χ1) is 2.30. The topological polar surface area (TPSA) is 46.2 Å². The summed E-state index contributed by atoms with van der Waals surface area (Å²) >= 11 is 0. The van der Waals surface area contributed by atoms with Gasteiger partial charge in [0, 0.05) is 6.04 Å². The molecular weight excluding hydrogens is 101 g/mol. The highest BCUT2D eigenvalue weighted by atomic mass is 35.5. The summed E-state index contributed by atoms with van der Waals surface area (Å²) in [5.41, 5.74) is 5.12. The summed E-state index contributed by atoms with van der Waals surface area (Å²) in [6, 6.07) is 0.106. The molecule has 3 heteroatoms. The normalized spacial score (nSPS) is 41.0. The highest BCUT2D eigenvalue weighted by Gasteiger charge is 2.30. The molecule has 0 heterocycles. The third-order valence-corrected chi connectivity index (χ3v) is 0.805. The predicted octanol–water partition coefficient (Wildman–Crippen LogP) is -0.500. The van der Waals surface area contributed by atoms with Crippen molar-refractivity contribution in [2.45, 2.75) is 18.6 Å². The molecule has 0 bridgehead atoms. The molecule has 1 fully saturated rings. The van der Waals surface area contributed by atoms with Crippen molar-refractivity contribution in [2.24, 2.45) is 5.73 Å². The second kappa shape index (κ2) is 1.78. The van der Waals surface area contributed by atoms with Crippen LogP contribution in [0.3, 0.4) is 0 Å². The summed E-state index contributed by atoms with van der Waals surface area (Å²) in [5, 5.41) is 8.31. The highest BCUT2D eigenvalue weighted by molar-refractivity contribution is 5.85. The smallest absolute Gasteiger partial charge is 0.0707 e. The van der Waals surface area contributed by atoms with Gasteiger partial charge in [-0.2, -0.15) is 0 Å². The van der Waals surface area contributed by atoms with Gasteiger partial charge in [0.1, 0.15) is 0 Å². The van der Waals surface area contributed by atoms with Gasteiger partial charge in [-0.05, 0) is 6.42 Å². The second-order valence-electron chi connectivity index (χ2n) is 1.47. The number of rotatable bonds is 0. The lowest BCUT2D eigenvalue weighted by atomic mass is 10.8. The zero-order chi connectivity index (χ0) is 3.86. The van der Waals surface area contributed by atoms with Crippen molar-refractivity contribution < 1.29 is 5.11 Å². The number of hydrogen-bond donors (Lipinski definition) is 2. The zero-order valence-corrected chi connectivity index (χ0v) is 4.11. The third-order valence-electron chi connectivity index (χ3n) is 0.805. The van der Waals surface area contributed by atoms with Crippen LogP contribution in [0.1, 0.15) is 6.42 Å². The van der Waals surface area contributed by atoms with E-state index < -0.39 is 0 Å². The Bertz CT molecular complexity index is 44.1. The minimum absolute atomic E-state index is 0. The van der Waals surface area contributed by atoms with Crippen LogP contribution in [0.25, 0.3) is 0 Å². The maximum Gasteiger partial charge on any atom is 0.0707 e. The molecule has 1 unspecified atom stereocenters. The quantitative estimate of drug-likeness (QED) is 0.441. The molecule has 0 amide bonds. The average Bonchev–Trinajstić information content (AvgIpc) is 1.79. The Hall–Kier alpha value is 0.210. The fraction of sp³-hybridized carbons (Fsp3) is 1.00. The molecule has 2 atom stereocenters. The zero-order valence-electron chi connectivity index (χ0n) is 3.29. The lowest BCUT2D eigenvalue weighted by Gasteiger charge is -1.70. The first kappa shape index (κ1) is 6.21. The number of hydrogen-bond acceptors (Lipinski definition) is 2. The van der Waals surface area contributed by atoms with Crippen LogP contribution in [-0.4, -0.2) is 17.3 Å². The molecule has 2 nitrogen and oxygen atoms in total. The van der Waals surface area contributed by atoms with Gasteiger partial charge in [-0.25, -0.2) is 0 Å². The molecule has 0 radical (unpaired) electrons. The Morgan fingerprint density at radius 3 is 1.83 bits per heavy atom. The molecule has 0 spiro atoms. The van der Waals surface area contributed by atoms with Crippen molar-refractivity contribution in [1.82, 2.24) is 0 Å². The van der Waals surface area contributed by atoms with E-state index in [0.29, 0.717) is 0 Å². The van der Waals surface area contributed by atoms with Crippen molar-refractivity contribution in [3.8, 4) is 0 Å². The lowest BCUT2D eigenvalue weighted by Crippen LogP contribution is -2.03. The molecule has 0 aliphatic heterocycles. The van der Waals surface area contributed by atoms with Gasteiger partial charge in [-0.3, -0.25) is 0 Å². The number of aliphatic hydroxyl groups excluding tert-OH is 1. The molecule has 1 rings (SSSR count). The molecule has 38 valence electrons. The third kappa shape index (κ3) is 1.12. The van der Waals surface area contributed by atoms with Crippen LogP contribution in [0.5, 0.6) is 0 Å². The number of aliphatic hydroxyl groups is 1. The van der Waals surface area contributed by atoms with Gasteiger partial charge < -0.3 is 10.8 Å². The van der Waals surface area contributed by atoms with Crippen molar-refractivity contribution >= 4 is 12.4 Å². The Labute approximate surface area is 42.8 Å². The molecular formula is C3H8ClNO. The molecule has 6 heavy (non-hydrogen) atoms. The predicted molar refractivity (Wildman–Crippen MR) is 25.8 cm³/mol. The molecule has 1 saturated carbocycles. The maximum absolute atomic E-state index is 8.31. The van der Waals surface area contributed by atoms with E-state index in [1.807, 2.05) is 0 Å². The summed E-state index contributed by atoms with van der Waals surface area (Å²) in [6.07, 6.45) is 0.634. The highest BCUT2D eigenvalue weighted by Crippen LogP contribution is 2.15. The lowest BCUT2D eigenvalue weighted by molar-refractivity contribution is 0.272. The fourth-order valence-electron chi connectivity index (χ4n) is 0.200. The van der Waals surface area contributed by atoms with Gasteiger partial charge in [0.05, 0.1) is 6.10 Å². The molecule has 3 N–H and O–H groups in total. The number of halogens is 1. The van der Waals surface area contributed by atoms with E-state index >= 15 is 0 Å². The van der Waals surface area contributed by atoms with Crippen molar-refractivity contribution in [3.63, 3.8) is 0 Å². The van der Waals surface area contributed by atoms with Crippen LogP contribution in [0, 0.1) is 0 Å². The Kier molecular flexibility index (Phi) is 1.84. The summed E-state index contributed by atoms with van der Waals surface area (Å²) in [7, 11) is 0. The summed E-state index contributed by atoms with van der Waals surface area (Å²) in [5.74, 6) is 0. The molecule has 0 aromatic rings. The SMILES string of the molecule is Cl.NC1C[C@@H]1O. The van der Waals surface area contributed by atoms with Gasteiger partial charge >= 0.3 is 0 Å². The molecule has 1 aliphatic rings. The maximum atomic E-state index is 8.31. The van der Waals surface area contributed by atoms with Crippen molar-refractivity contribution in [2.75, 3.05) is 0 Å². The van der Waals surface area contributed by atoms with E-state index in [0.717, 1.165) is 6.42 Å². The van der Waals surface area contributed by atoms with Crippen LogP contribution in [0.2, 0.25) is 0 Å². The summed E-state index contributed by atoms with van der Waals surface area (Å²) < 4.78 is 0.